The molecule has 0 saturated carbocycles. The maximum atomic E-state index is 12.4. The summed E-state index contributed by atoms with van der Waals surface area (Å²) in [5.74, 6) is 1.93. The highest BCUT2D eigenvalue weighted by Crippen LogP contribution is 2.28. The van der Waals surface area contributed by atoms with Crippen molar-refractivity contribution in [1.29, 1.82) is 5.26 Å². The van der Waals surface area contributed by atoms with Crippen LogP contribution in [0.5, 0.6) is 17.2 Å². The van der Waals surface area contributed by atoms with Crippen LogP contribution in [0.25, 0.3) is 10.9 Å². The van der Waals surface area contributed by atoms with Crippen LogP contribution in [0.3, 0.4) is 0 Å². The molecule has 33 heavy (non-hydrogen) atoms. The SMILES string of the molecule is Cc1cccc(COc2cccc(OC(C)c3cc(=O)c4ccccc4[nH]3)c2)c1OCC#N. The molecule has 6 nitrogen and oxygen atoms in total. The molecule has 0 bridgehead atoms. The third kappa shape index (κ3) is 5.16. The highest BCUT2D eigenvalue weighted by Gasteiger charge is 2.12. The molecule has 0 amide bonds. The summed E-state index contributed by atoms with van der Waals surface area (Å²) in [6, 6.07) is 24.1. The van der Waals surface area contributed by atoms with Gasteiger partial charge in [0.2, 0.25) is 0 Å². The molecule has 4 aromatic rings. The van der Waals surface area contributed by atoms with Gasteiger partial charge in [0.15, 0.2) is 12.0 Å². The first kappa shape index (κ1) is 22.0. The first-order valence-corrected chi connectivity index (χ1v) is 10.6. The molecule has 0 radical (unpaired) electrons. The van der Waals surface area contributed by atoms with Gasteiger partial charge in [-0.3, -0.25) is 4.79 Å². The summed E-state index contributed by atoms with van der Waals surface area (Å²) >= 11 is 0. The van der Waals surface area contributed by atoms with Crippen LogP contribution >= 0.6 is 0 Å². The van der Waals surface area contributed by atoms with Gasteiger partial charge in [-0.25, -0.2) is 0 Å². The first-order valence-electron chi connectivity index (χ1n) is 10.6. The van der Waals surface area contributed by atoms with E-state index >= 15 is 0 Å². The minimum atomic E-state index is -0.361. The van der Waals surface area contributed by atoms with Crippen molar-refractivity contribution in [2.75, 3.05) is 6.61 Å². The Labute approximate surface area is 192 Å². The molecule has 166 valence electrons. The molecule has 1 aromatic heterocycles. The van der Waals surface area contributed by atoms with E-state index in [4.69, 9.17) is 19.5 Å². The molecule has 1 atom stereocenters. The van der Waals surface area contributed by atoms with Gasteiger partial charge in [0.25, 0.3) is 0 Å². The maximum absolute atomic E-state index is 12.4. The van der Waals surface area contributed by atoms with E-state index in [-0.39, 0.29) is 18.1 Å². The lowest BCUT2D eigenvalue weighted by atomic mass is 10.1. The molecule has 3 aromatic carbocycles. The average Bonchev–Trinajstić information content (AvgIpc) is 2.82. The zero-order valence-electron chi connectivity index (χ0n) is 18.5. The van der Waals surface area contributed by atoms with Gasteiger partial charge >= 0.3 is 0 Å². The van der Waals surface area contributed by atoms with E-state index < -0.39 is 0 Å². The fraction of sp³-hybridized carbons (Fsp3) is 0.185. The monoisotopic (exact) mass is 440 g/mol. The molecule has 0 aliphatic carbocycles. The van der Waals surface area contributed by atoms with Gasteiger partial charge in [0, 0.05) is 28.6 Å². The maximum Gasteiger partial charge on any atom is 0.189 e. The number of aromatic nitrogens is 1. The Bertz CT molecular complexity index is 1370. The number of nitrogens with one attached hydrogen (secondary N) is 1. The standard InChI is InChI=1S/C27H24N2O4/c1-18-7-5-8-20(27(18)31-14-13-28)17-32-21-9-6-10-22(15-21)33-19(2)25-16-26(30)23-11-3-4-12-24(23)29-25/h3-12,15-16,19H,14,17H2,1-2H3,(H,29,30). The fourth-order valence-corrected chi connectivity index (χ4v) is 3.64. The number of benzene rings is 3. The second kappa shape index (κ2) is 9.92. The predicted octanol–water partition coefficient (Wildman–Crippen LogP) is 5.46. The summed E-state index contributed by atoms with van der Waals surface area (Å²) < 4.78 is 17.6. The van der Waals surface area contributed by atoms with E-state index in [1.165, 1.54) is 0 Å². The number of hydrogen-bond acceptors (Lipinski definition) is 5. The lowest BCUT2D eigenvalue weighted by molar-refractivity contribution is 0.220. The summed E-state index contributed by atoms with van der Waals surface area (Å²) in [5.41, 5.74) is 3.24. The van der Waals surface area contributed by atoms with Gasteiger partial charge in [0.05, 0.1) is 5.69 Å². The van der Waals surface area contributed by atoms with Crippen molar-refractivity contribution in [3.8, 4) is 23.3 Å². The van der Waals surface area contributed by atoms with Gasteiger partial charge in [0.1, 0.15) is 36.0 Å². The first-order chi connectivity index (χ1) is 16.0. The van der Waals surface area contributed by atoms with E-state index in [1.54, 1.807) is 18.2 Å². The van der Waals surface area contributed by atoms with Crippen molar-refractivity contribution in [1.82, 2.24) is 4.98 Å². The number of nitriles is 1. The van der Waals surface area contributed by atoms with Gasteiger partial charge in [-0.05, 0) is 43.7 Å². The van der Waals surface area contributed by atoms with Crippen molar-refractivity contribution < 1.29 is 14.2 Å². The molecule has 0 spiro atoms. The normalized spacial score (nSPS) is 11.5. The average molecular weight is 440 g/mol. The van der Waals surface area contributed by atoms with Gasteiger partial charge in [-0.2, -0.15) is 5.26 Å². The molecule has 0 saturated heterocycles. The summed E-state index contributed by atoms with van der Waals surface area (Å²) in [5, 5.41) is 9.48. The predicted molar refractivity (Wildman–Crippen MR) is 127 cm³/mol. The lowest BCUT2D eigenvalue weighted by Gasteiger charge is -2.17. The van der Waals surface area contributed by atoms with E-state index in [0.29, 0.717) is 34.9 Å². The van der Waals surface area contributed by atoms with Gasteiger partial charge in [-0.1, -0.05) is 36.4 Å². The number of aryl methyl sites for hydroxylation is 1. The van der Waals surface area contributed by atoms with Gasteiger partial charge < -0.3 is 19.2 Å². The Hall–Kier alpha value is -4.24. The van der Waals surface area contributed by atoms with Crippen LogP contribution in [0.1, 0.15) is 29.8 Å². The smallest absolute Gasteiger partial charge is 0.189 e. The third-order valence-electron chi connectivity index (χ3n) is 5.28. The van der Waals surface area contributed by atoms with E-state index in [1.807, 2.05) is 74.5 Å². The highest BCUT2D eigenvalue weighted by atomic mass is 16.5. The van der Waals surface area contributed by atoms with Crippen LogP contribution in [0.4, 0.5) is 0 Å². The van der Waals surface area contributed by atoms with Crippen LogP contribution in [-0.4, -0.2) is 11.6 Å². The number of nitrogens with zero attached hydrogens (tertiary/aromatic N) is 1. The largest absolute Gasteiger partial charge is 0.489 e. The topological polar surface area (TPSA) is 84.3 Å². The molecule has 6 heteroatoms. The molecule has 4 rings (SSSR count). The number of ether oxygens (including phenoxy) is 3. The Morgan fingerprint density at radius 3 is 2.61 bits per heavy atom. The Morgan fingerprint density at radius 2 is 1.76 bits per heavy atom. The summed E-state index contributed by atoms with van der Waals surface area (Å²) in [6.07, 6.45) is -0.361. The van der Waals surface area contributed by atoms with Crippen molar-refractivity contribution in [2.45, 2.75) is 26.6 Å². The van der Waals surface area contributed by atoms with Crippen LogP contribution in [0.2, 0.25) is 0 Å². The summed E-state index contributed by atoms with van der Waals surface area (Å²) in [6.45, 7) is 4.09. The molecule has 1 N–H and O–H groups in total. The van der Waals surface area contributed by atoms with E-state index in [9.17, 15) is 4.79 Å². The Balaban J connectivity index is 1.47. The van der Waals surface area contributed by atoms with Gasteiger partial charge in [-0.15, -0.1) is 0 Å². The molecule has 0 fully saturated rings. The number of hydrogen-bond donors (Lipinski definition) is 1. The van der Waals surface area contributed by atoms with Crippen molar-refractivity contribution in [3.63, 3.8) is 0 Å². The number of H-pyrrole nitrogens is 1. The second-order valence-corrected chi connectivity index (χ2v) is 7.67. The van der Waals surface area contributed by atoms with Crippen molar-refractivity contribution >= 4 is 10.9 Å². The molecular formula is C27H24N2O4. The Morgan fingerprint density at radius 1 is 0.970 bits per heavy atom. The molecule has 0 aliphatic heterocycles. The van der Waals surface area contributed by atoms with Crippen LogP contribution in [0, 0.1) is 18.3 Å². The second-order valence-electron chi connectivity index (χ2n) is 7.67. The lowest BCUT2D eigenvalue weighted by Crippen LogP contribution is -2.11. The van der Waals surface area contributed by atoms with Crippen molar-refractivity contribution in [2.24, 2.45) is 0 Å². The number of rotatable bonds is 8. The number of pyridine rings is 1. The number of para-hydroxylation sites is 2. The van der Waals surface area contributed by atoms with Crippen LogP contribution in [0.15, 0.2) is 77.6 Å². The van der Waals surface area contributed by atoms with E-state index in [2.05, 4.69) is 4.98 Å². The highest BCUT2D eigenvalue weighted by molar-refractivity contribution is 5.78. The van der Waals surface area contributed by atoms with E-state index in [0.717, 1.165) is 16.6 Å². The van der Waals surface area contributed by atoms with Crippen LogP contribution < -0.4 is 19.6 Å². The zero-order chi connectivity index (χ0) is 23.2. The fourth-order valence-electron chi connectivity index (χ4n) is 3.64. The summed E-state index contributed by atoms with van der Waals surface area (Å²) in [4.78, 5) is 15.7. The molecule has 0 aliphatic rings. The van der Waals surface area contributed by atoms with Crippen LogP contribution in [-0.2, 0) is 6.61 Å². The molecule has 1 unspecified atom stereocenters. The third-order valence-corrected chi connectivity index (χ3v) is 5.28. The minimum Gasteiger partial charge on any atom is -0.489 e. The molecule has 1 heterocycles. The zero-order valence-corrected chi connectivity index (χ0v) is 18.5. The quantitative estimate of drug-likeness (QED) is 0.393. The molecular weight excluding hydrogens is 416 g/mol. The number of aromatic amines is 1. The Kier molecular flexibility index (Phi) is 6.61. The summed E-state index contributed by atoms with van der Waals surface area (Å²) in [7, 11) is 0. The minimum absolute atomic E-state index is 0.0179. The number of fused-ring (bicyclic) bond motifs is 1. The van der Waals surface area contributed by atoms with Crippen molar-refractivity contribution in [3.05, 3.63) is 99.8 Å².